The van der Waals surface area contributed by atoms with Gasteiger partial charge in [-0.3, -0.25) is 4.79 Å². The third-order valence-corrected chi connectivity index (χ3v) is 11.3. The standard InChI is InChI=1S/C24H31FN4O4Si/c1-14(33-34(5,6)24(2,3)4)22-27-28-23(31-22)16-11-18(12-16)26-21(30)19-13-20(32-29-19)15-8-7-9-17(25)10-15/h7-10,13-14,16,18H,11-12H2,1-6H3,(H,26,30)/t14-,16?,18?/m1/s1. The van der Waals surface area contributed by atoms with E-state index in [4.69, 9.17) is 13.4 Å². The van der Waals surface area contributed by atoms with Crippen LogP contribution in [0.15, 0.2) is 39.3 Å². The van der Waals surface area contributed by atoms with E-state index in [9.17, 15) is 9.18 Å². The fraction of sp³-hybridized carbons (Fsp3) is 0.500. The molecule has 182 valence electrons. The summed E-state index contributed by atoms with van der Waals surface area (Å²) in [6.07, 6.45) is 1.12. The molecule has 4 rings (SSSR count). The van der Waals surface area contributed by atoms with E-state index in [1.54, 1.807) is 12.1 Å². The molecule has 1 aromatic carbocycles. The molecular formula is C24H31FN4O4Si. The highest BCUT2D eigenvalue weighted by molar-refractivity contribution is 6.74. The number of benzene rings is 1. The zero-order chi connectivity index (χ0) is 24.7. The van der Waals surface area contributed by atoms with Crippen molar-refractivity contribution in [1.82, 2.24) is 20.7 Å². The lowest BCUT2D eigenvalue weighted by atomic mass is 9.80. The number of nitrogens with one attached hydrogen (secondary N) is 1. The number of hydrogen-bond acceptors (Lipinski definition) is 7. The summed E-state index contributed by atoms with van der Waals surface area (Å²) >= 11 is 0. The van der Waals surface area contributed by atoms with Crippen LogP contribution in [-0.2, 0) is 4.43 Å². The summed E-state index contributed by atoms with van der Waals surface area (Å²) in [7, 11) is -1.95. The molecule has 0 saturated heterocycles. The van der Waals surface area contributed by atoms with Crippen molar-refractivity contribution in [2.75, 3.05) is 0 Å². The lowest BCUT2D eigenvalue weighted by Gasteiger charge is -2.37. The second-order valence-electron chi connectivity index (χ2n) is 10.4. The average Bonchev–Trinajstić information content (AvgIpc) is 3.39. The number of hydrogen-bond donors (Lipinski definition) is 1. The van der Waals surface area contributed by atoms with Gasteiger partial charge in [0, 0.05) is 23.6 Å². The van der Waals surface area contributed by atoms with Crippen LogP contribution in [-0.4, -0.2) is 35.6 Å². The highest BCUT2D eigenvalue weighted by Gasteiger charge is 2.40. The zero-order valence-electron chi connectivity index (χ0n) is 20.4. The molecule has 34 heavy (non-hydrogen) atoms. The van der Waals surface area contributed by atoms with Crippen LogP contribution in [0.2, 0.25) is 18.1 Å². The van der Waals surface area contributed by atoms with Crippen molar-refractivity contribution < 1.29 is 22.6 Å². The maximum Gasteiger partial charge on any atom is 0.273 e. The molecule has 2 heterocycles. The van der Waals surface area contributed by atoms with Crippen LogP contribution in [0.3, 0.4) is 0 Å². The monoisotopic (exact) mass is 486 g/mol. The first-order valence-electron chi connectivity index (χ1n) is 11.5. The Bertz CT molecular complexity index is 1160. The van der Waals surface area contributed by atoms with E-state index >= 15 is 0 Å². The largest absolute Gasteiger partial charge is 0.422 e. The molecule has 1 saturated carbocycles. The van der Waals surface area contributed by atoms with Gasteiger partial charge >= 0.3 is 0 Å². The van der Waals surface area contributed by atoms with Crippen molar-refractivity contribution in [1.29, 1.82) is 0 Å². The van der Waals surface area contributed by atoms with Crippen LogP contribution >= 0.6 is 0 Å². The predicted octanol–water partition coefficient (Wildman–Crippen LogP) is 5.62. The summed E-state index contributed by atoms with van der Waals surface area (Å²) in [5.41, 5.74) is 0.675. The minimum absolute atomic E-state index is 0.0249. The number of carbonyl (C=O) groups excluding carboxylic acids is 1. The molecule has 0 aliphatic heterocycles. The number of amides is 1. The van der Waals surface area contributed by atoms with Gasteiger partial charge in [0.2, 0.25) is 11.8 Å². The van der Waals surface area contributed by atoms with Gasteiger partial charge in [0.25, 0.3) is 5.91 Å². The van der Waals surface area contributed by atoms with Crippen molar-refractivity contribution in [3.05, 3.63) is 53.6 Å². The topological polar surface area (TPSA) is 103 Å². The van der Waals surface area contributed by atoms with Crippen molar-refractivity contribution in [2.24, 2.45) is 0 Å². The molecule has 1 fully saturated rings. The van der Waals surface area contributed by atoms with Crippen LogP contribution in [0.1, 0.15) is 74.8 Å². The first kappa shape index (κ1) is 24.3. The molecule has 1 aliphatic rings. The van der Waals surface area contributed by atoms with Gasteiger partial charge in [-0.1, -0.05) is 38.1 Å². The number of rotatable bonds is 7. The number of nitrogens with zero attached hydrogens (tertiary/aromatic N) is 3. The molecule has 0 spiro atoms. The summed E-state index contributed by atoms with van der Waals surface area (Å²) < 4.78 is 30.9. The van der Waals surface area contributed by atoms with Gasteiger partial charge in [-0.05, 0) is 50.0 Å². The Hall–Kier alpha value is -2.85. The quantitative estimate of drug-likeness (QED) is 0.432. The van der Waals surface area contributed by atoms with Crippen LogP contribution in [0, 0.1) is 5.82 Å². The first-order valence-corrected chi connectivity index (χ1v) is 14.4. The molecule has 1 N–H and O–H groups in total. The maximum absolute atomic E-state index is 13.4. The molecule has 0 unspecified atom stereocenters. The van der Waals surface area contributed by atoms with E-state index in [0.29, 0.717) is 35.9 Å². The smallest absolute Gasteiger partial charge is 0.273 e. The van der Waals surface area contributed by atoms with Gasteiger partial charge < -0.3 is 18.7 Å². The van der Waals surface area contributed by atoms with Crippen molar-refractivity contribution in [3.63, 3.8) is 0 Å². The summed E-state index contributed by atoms with van der Waals surface area (Å²) in [6, 6.07) is 7.42. The Labute approximate surface area is 199 Å². The van der Waals surface area contributed by atoms with Crippen LogP contribution in [0.5, 0.6) is 0 Å². The predicted molar refractivity (Wildman–Crippen MR) is 126 cm³/mol. The summed E-state index contributed by atoms with van der Waals surface area (Å²) in [4.78, 5) is 12.5. The summed E-state index contributed by atoms with van der Waals surface area (Å²) in [6.45, 7) is 12.9. The van der Waals surface area contributed by atoms with Crippen LogP contribution in [0.4, 0.5) is 4.39 Å². The normalized spacial score (nSPS) is 19.5. The lowest BCUT2D eigenvalue weighted by molar-refractivity contribution is 0.0892. The third kappa shape index (κ3) is 5.12. The average molecular weight is 487 g/mol. The second kappa shape index (κ2) is 9.07. The Morgan fingerprint density at radius 3 is 2.65 bits per heavy atom. The fourth-order valence-electron chi connectivity index (χ4n) is 3.60. The van der Waals surface area contributed by atoms with Gasteiger partial charge in [0.1, 0.15) is 11.9 Å². The lowest BCUT2D eigenvalue weighted by Crippen LogP contribution is -2.43. The second-order valence-corrected chi connectivity index (χ2v) is 15.2. The van der Waals surface area contributed by atoms with E-state index in [2.05, 4.69) is 54.5 Å². The number of halogens is 1. The van der Waals surface area contributed by atoms with Gasteiger partial charge in [-0.2, -0.15) is 0 Å². The number of carbonyl (C=O) groups is 1. The molecule has 8 nitrogen and oxygen atoms in total. The Kier molecular flexibility index (Phi) is 6.47. The van der Waals surface area contributed by atoms with Crippen molar-refractivity contribution in [2.45, 2.75) is 76.7 Å². The molecule has 3 aromatic rings. The highest BCUT2D eigenvalue weighted by atomic mass is 28.4. The Morgan fingerprint density at radius 2 is 1.97 bits per heavy atom. The Morgan fingerprint density at radius 1 is 1.24 bits per heavy atom. The summed E-state index contributed by atoms with van der Waals surface area (Å²) in [5.74, 6) is 0.763. The van der Waals surface area contributed by atoms with Gasteiger partial charge in [0.05, 0.1) is 0 Å². The van der Waals surface area contributed by atoms with E-state index in [0.717, 1.165) is 0 Å². The van der Waals surface area contributed by atoms with Crippen LogP contribution in [0.25, 0.3) is 11.3 Å². The van der Waals surface area contributed by atoms with Gasteiger partial charge in [-0.15, -0.1) is 10.2 Å². The van der Waals surface area contributed by atoms with E-state index in [-0.39, 0.29) is 40.5 Å². The minimum atomic E-state index is -1.95. The Balaban J connectivity index is 1.30. The zero-order valence-corrected chi connectivity index (χ0v) is 21.4. The van der Waals surface area contributed by atoms with Gasteiger partial charge in [0.15, 0.2) is 19.8 Å². The molecule has 0 radical (unpaired) electrons. The van der Waals surface area contributed by atoms with E-state index in [1.807, 2.05) is 6.92 Å². The highest BCUT2D eigenvalue weighted by Crippen LogP contribution is 2.40. The number of aromatic nitrogens is 3. The molecule has 0 bridgehead atoms. The van der Waals surface area contributed by atoms with Crippen molar-refractivity contribution >= 4 is 14.2 Å². The molecule has 1 atom stereocenters. The summed E-state index contributed by atoms with van der Waals surface area (Å²) in [5, 5.41) is 15.3. The fourth-order valence-corrected chi connectivity index (χ4v) is 4.94. The third-order valence-electron chi connectivity index (χ3n) is 6.76. The SMILES string of the molecule is C[C@@H](O[Si](C)(C)C(C)(C)C)c1nnc(C2CC(NC(=O)c3cc(-c4cccc(F)c4)on3)C2)o1. The molecule has 1 amide bonds. The molecule has 2 aromatic heterocycles. The van der Waals surface area contributed by atoms with Crippen molar-refractivity contribution in [3.8, 4) is 11.3 Å². The van der Waals surface area contributed by atoms with Crippen LogP contribution < -0.4 is 5.32 Å². The van der Waals surface area contributed by atoms with E-state index < -0.39 is 8.32 Å². The minimum Gasteiger partial charge on any atom is -0.422 e. The first-order chi connectivity index (χ1) is 15.9. The maximum atomic E-state index is 13.4. The van der Waals surface area contributed by atoms with E-state index in [1.165, 1.54) is 18.2 Å². The van der Waals surface area contributed by atoms with Gasteiger partial charge in [-0.25, -0.2) is 4.39 Å². The molecule has 1 aliphatic carbocycles. The molecular weight excluding hydrogens is 455 g/mol. The molecule has 10 heteroatoms.